The second-order valence-corrected chi connectivity index (χ2v) is 6.09. The lowest BCUT2D eigenvalue weighted by Crippen LogP contribution is -2.03. The number of aliphatic carboxylic acids is 1. The van der Waals surface area contributed by atoms with E-state index in [0.717, 1.165) is 35.3 Å². The Kier molecular flexibility index (Phi) is 4.66. The van der Waals surface area contributed by atoms with Crippen molar-refractivity contribution in [1.29, 1.82) is 0 Å². The summed E-state index contributed by atoms with van der Waals surface area (Å²) in [5.41, 5.74) is 2.63. The summed E-state index contributed by atoms with van der Waals surface area (Å²) in [6.45, 7) is 4.71. The van der Waals surface area contributed by atoms with Crippen LogP contribution in [0, 0.1) is 6.92 Å². The number of aromatic nitrogens is 5. The lowest BCUT2D eigenvalue weighted by molar-refractivity contribution is -0.133. The topological polar surface area (TPSA) is 85.8 Å². The minimum absolute atomic E-state index is 0.0713. The number of carbonyl (C=O) groups is 1. The third-order valence-electron chi connectivity index (χ3n) is 3.48. The van der Waals surface area contributed by atoms with Crippen LogP contribution in [0.3, 0.4) is 0 Å². The fourth-order valence-electron chi connectivity index (χ4n) is 2.37. The van der Waals surface area contributed by atoms with Gasteiger partial charge in [0.1, 0.15) is 0 Å². The van der Waals surface area contributed by atoms with Crippen molar-refractivity contribution in [3.05, 3.63) is 42.2 Å². The minimum Gasteiger partial charge on any atom is -0.481 e. The smallest absolute Gasteiger partial charge is 0.313 e. The molecule has 0 aliphatic heterocycles. The molecular weight excluding hydrogens is 326 g/mol. The Morgan fingerprint density at radius 2 is 2.00 bits per heavy atom. The van der Waals surface area contributed by atoms with Crippen LogP contribution in [-0.4, -0.2) is 41.4 Å². The van der Waals surface area contributed by atoms with Crippen LogP contribution in [0.25, 0.3) is 17.1 Å². The summed E-state index contributed by atoms with van der Waals surface area (Å²) in [7, 11) is 0. The van der Waals surface area contributed by atoms with Gasteiger partial charge in [0.2, 0.25) is 0 Å². The first kappa shape index (κ1) is 16.3. The molecule has 0 unspecified atom stereocenters. The summed E-state index contributed by atoms with van der Waals surface area (Å²) in [6, 6.07) is 9.66. The van der Waals surface area contributed by atoms with Crippen molar-refractivity contribution >= 4 is 17.7 Å². The van der Waals surface area contributed by atoms with Crippen molar-refractivity contribution in [1.82, 2.24) is 24.5 Å². The minimum atomic E-state index is -0.890. The average Bonchev–Trinajstić information content (AvgIpc) is 3.16. The van der Waals surface area contributed by atoms with E-state index in [2.05, 4.69) is 15.3 Å². The summed E-state index contributed by atoms with van der Waals surface area (Å²) in [6.07, 6.45) is 1.93. The Labute approximate surface area is 143 Å². The molecule has 0 aliphatic rings. The zero-order valence-electron chi connectivity index (χ0n) is 13.4. The summed E-state index contributed by atoms with van der Waals surface area (Å²) in [5.74, 6) is -0.302. The predicted molar refractivity (Wildman–Crippen MR) is 91.4 cm³/mol. The van der Waals surface area contributed by atoms with E-state index in [1.54, 1.807) is 0 Å². The van der Waals surface area contributed by atoms with E-state index in [9.17, 15) is 4.79 Å². The molecule has 2 aromatic heterocycles. The van der Waals surface area contributed by atoms with E-state index in [4.69, 9.17) is 5.11 Å². The molecule has 0 aliphatic carbocycles. The number of thioether (sulfide) groups is 1. The second-order valence-electron chi connectivity index (χ2n) is 5.14. The molecule has 7 nitrogen and oxygen atoms in total. The first-order valence-electron chi connectivity index (χ1n) is 7.50. The molecule has 0 bridgehead atoms. The number of hydrogen-bond acceptors (Lipinski definition) is 5. The number of carboxylic acids is 1. The third-order valence-corrected chi connectivity index (χ3v) is 4.40. The molecular formula is C16H17N5O2S. The Hall–Kier alpha value is -2.61. The molecule has 0 amide bonds. The molecule has 1 N–H and O–H groups in total. The standard InChI is InChI=1S/C16H17N5O2S/c1-3-20-9-13(11(2)19-20)15-17-18-16(24-10-14(22)23)21(15)12-7-5-4-6-8-12/h4-9H,3,10H2,1-2H3,(H,22,23). The number of aryl methyl sites for hydroxylation is 2. The van der Waals surface area contributed by atoms with Crippen LogP contribution in [0.1, 0.15) is 12.6 Å². The van der Waals surface area contributed by atoms with Crippen molar-refractivity contribution in [2.75, 3.05) is 5.75 Å². The Balaban J connectivity index is 2.12. The second kappa shape index (κ2) is 6.88. The van der Waals surface area contributed by atoms with Gasteiger partial charge in [0.25, 0.3) is 0 Å². The number of benzene rings is 1. The van der Waals surface area contributed by atoms with Gasteiger partial charge in [-0.25, -0.2) is 0 Å². The summed E-state index contributed by atoms with van der Waals surface area (Å²) in [5, 5.41) is 22.4. The van der Waals surface area contributed by atoms with E-state index < -0.39 is 5.97 Å². The van der Waals surface area contributed by atoms with Gasteiger partial charge >= 0.3 is 5.97 Å². The highest BCUT2D eigenvalue weighted by Crippen LogP contribution is 2.29. The van der Waals surface area contributed by atoms with Gasteiger partial charge in [0.05, 0.1) is 17.0 Å². The zero-order chi connectivity index (χ0) is 17.1. The predicted octanol–water partition coefficient (Wildman–Crippen LogP) is 2.64. The van der Waals surface area contributed by atoms with Crippen LogP contribution in [0.4, 0.5) is 0 Å². The first-order chi connectivity index (χ1) is 11.6. The average molecular weight is 343 g/mol. The fourth-order valence-corrected chi connectivity index (χ4v) is 3.05. The van der Waals surface area contributed by atoms with E-state index in [0.29, 0.717) is 11.0 Å². The van der Waals surface area contributed by atoms with Gasteiger partial charge in [-0.1, -0.05) is 30.0 Å². The molecule has 0 saturated heterocycles. The highest BCUT2D eigenvalue weighted by Gasteiger charge is 2.20. The largest absolute Gasteiger partial charge is 0.481 e. The van der Waals surface area contributed by atoms with E-state index in [1.807, 2.05) is 59.6 Å². The maximum Gasteiger partial charge on any atom is 0.313 e. The van der Waals surface area contributed by atoms with Crippen LogP contribution in [0.5, 0.6) is 0 Å². The van der Waals surface area contributed by atoms with Crippen molar-refractivity contribution in [3.63, 3.8) is 0 Å². The van der Waals surface area contributed by atoms with Gasteiger partial charge < -0.3 is 5.11 Å². The van der Waals surface area contributed by atoms with E-state index in [1.165, 1.54) is 0 Å². The molecule has 0 spiro atoms. The van der Waals surface area contributed by atoms with Gasteiger partial charge in [0.15, 0.2) is 11.0 Å². The molecule has 1 aromatic carbocycles. The van der Waals surface area contributed by atoms with Gasteiger partial charge in [-0.05, 0) is 26.0 Å². The molecule has 2 heterocycles. The normalized spacial score (nSPS) is 10.9. The van der Waals surface area contributed by atoms with E-state index >= 15 is 0 Å². The van der Waals surface area contributed by atoms with Crippen molar-refractivity contribution in [3.8, 4) is 17.1 Å². The number of nitrogens with zero attached hydrogens (tertiary/aromatic N) is 5. The van der Waals surface area contributed by atoms with Gasteiger partial charge in [0, 0.05) is 18.4 Å². The first-order valence-corrected chi connectivity index (χ1v) is 8.48. The third kappa shape index (κ3) is 3.18. The van der Waals surface area contributed by atoms with Gasteiger partial charge in [-0.2, -0.15) is 5.10 Å². The molecule has 3 rings (SSSR count). The Morgan fingerprint density at radius 3 is 2.62 bits per heavy atom. The number of para-hydroxylation sites is 1. The molecule has 0 radical (unpaired) electrons. The fraction of sp³-hybridized carbons (Fsp3) is 0.250. The molecule has 0 atom stereocenters. The van der Waals surface area contributed by atoms with Crippen molar-refractivity contribution in [2.24, 2.45) is 0 Å². The molecule has 8 heteroatoms. The summed E-state index contributed by atoms with van der Waals surface area (Å²) in [4.78, 5) is 10.9. The SMILES string of the molecule is CCn1cc(-c2nnc(SCC(=O)O)n2-c2ccccc2)c(C)n1. The molecule has 124 valence electrons. The maximum atomic E-state index is 10.9. The molecule has 0 fully saturated rings. The van der Waals surface area contributed by atoms with Crippen LogP contribution < -0.4 is 0 Å². The highest BCUT2D eigenvalue weighted by atomic mass is 32.2. The molecule has 24 heavy (non-hydrogen) atoms. The van der Waals surface area contributed by atoms with Crippen LogP contribution >= 0.6 is 11.8 Å². The maximum absolute atomic E-state index is 10.9. The number of hydrogen-bond donors (Lipinski definition) is 1. The molecule has 3 aromatic rings. The lowest BCUT2D eigenvalue weighted by atomic mass is 10.2. The highest BCUT2D eigenvalue weighted by molar-refractivity contribution is 7.99. The monoisotopic (exact) mass is 343 g/mol. The summed E-state index contributed by atoms with van der Waals surface area (Å²) >= 11 is 1.15. The van der Waals surface area contributed by atoms with Crippen LogP contribution in [0.15, 0.2) is 41.7 Å². The zero-order valence-corrected chi connectivity index (χ0v) is 14.2. The molecule has 0 saturated carbocycles. The van der Waals surface area contributed by atoms with Crippen LogP contribution in [0.2, 0.25) is 0 Å². The summed E-state index contributed by atoms with van der Waals surface area (Å²) < 4.78 is 3.72. The van der Waals surface area contributed by atoms with Crippen LogP contribution in [-0.2, 0) is 11.3 Å². The Bertz CT molecular complexity index is 857. The Morgan fingerprint density at radius 1 is 1.25 bits per heavy atom. The van der Waals surface area contributed by atoms with Crippen molar-refractivity contribution in [2.45, 2.75) is 25.5 Å². The number of carboxylic acid groups (broad SMARTS) is 1. The van der Waals surface area contributed by atoms with E-state index in [-0.39, 0.29) is 5.75 Å². The quantitative estimate of drug-likeness (QED) is 0.693. The number of rotatable bonds is 6. The van der Waals surface area contributed by atoms with Crippen molar-refractivity contribution < 1.29 is 9.90 Å². The van der Waals surface area contributed by atoms with Gasteiger partial charge in [-0.3, -0.25) is 14.0 Å². The van der Waals surface area contributed by atoms with Gasteiger partial charge in [-0.15, -0.1) is 10.2 Å². The lowest BCUT2D eigenvalue weighted by Gasteiger charge is -2.09.